The van der Waals surface area contributed by atoms with Gasteiger partial charge in [-0.2, -0.15) is 0 Å². The number of benzene rings is 1. The number of ether oxygens (including phenoxy) is 1. The number of likely N-dealkylation sites (tertiary alicyclic amines) is 1. The predicted molar refractivity (Wildman–Crippen MR) is 91.8 cm³/mol. The lowest BCUT2D eigenvalue weighted by atomic mass is 10.0. The van der Waals surface area contributed by atoms with Crippen molar-refractivity contribution in [3.8, 4) is 0 Å². The van der Waals surface area contributed by atoms with E-state index < -0.39 is 0 Å². The van der Waals surface area contributed by atoms with Crippen LogP contribution >= 0.6 is 0 Å². The van der Waals surface area contributed by atoms with Crippen molar-refractivity contribution in [2.75, 3.05) is 25.0 Å². The number of carbonyl (C=O) groups excluding carboxylic acids is 2. The Balaban J connectivity index is 1.42. The number of carbonyl (C=O) groups is 2. The van der Waals surface area contributed by atoms with Crippen LogP contribution in [0.25, 0.3) is 0 Å². The fraction of sp³-hybridized carbons (Fsp3) is 0.556. The third kappa shape index (κ3) is 4.47. The van der Waals surface area contributed by atoms with Crippen LogP contribution in [0.1, 0.15) is 32.1 Å². The highest BCUT2D eigenvalue weighted by Crippen LogP contribution is 2.16. The Labute approximate surface area is 142 Å². The second-order valence-electron chi connectivity index (χ2n) is 6.42. The van der Waals surface area contributed by atoms with Crippen LogP contribution in [0.3, 0.4) is 0 Å². The third-order valence-corrected chi connectivity index (χ3v) is 4.63. The zero-order valence-electron chi connectivity index (χ0n) is 13.9. The minimum atomic E-state index is -0.293. The van der Waals surface area contributed by atoms with Gasteiger partial charge in [-0.1, -0.05) is 18.2 Å². The van der Waals surface area contributed by atoms with E-state index >= 15 is 0 Å². The molecule has 0 bridgehead atoms. The highest BCUT2D eigenvalue weighted by atomic mass is 16.5. The van der Waals surface area contributed by atoms with Crippen molar-refractivity contribution in [3.63, 3.8) is 0 Å². The lowest BCUT2D eigenvalue weighted by Crippen LogP contribution is -2.50. The molecular formula is C18H25N3O3. The van der Waals surface area contributed by atoms with E-state index in [-0.39, 0.29) is 24.1 Å². The van der Waals surface area contributed by atoms with Gasteiger partial charge in [-0.25, -0.2) is 4.79 Å². The Hall–Kier alpha value is -2.08. The minimum absolute atomic E-state index is 0.00175. The fourth-order valence-corrected chi connectivity index (χ4v) is 3.19. The zero-order chi connectivity index (χ0) is 16.8. The van der Waals surface area contributed by atoms with Crippen LogP contribution in [-0.2, 0) is 9.53 Å². The van der Waals surface area contributed by atoms with E-state index in [0.717, 1.165) is 37.8 Å². The number of piperidine rings is 1. The Bertz CT molecular complexity index is 550. The monoisotopic (exact) mass is 331 g/mol. The number of amides is 3. The number of hydrogen-bond acceptors (Lipinski definition) is 3. The standard InChI is InChI=1S/C18H25N3O3/c22-17(16-8-4-5-13-24-16)19-15-9-11-21(12-10-15)18(23)20-14-6-2-1-3-7-14/h1-3,6-7,15-16H,4-5,8-13H2,(H,19,22)(H,20,23). The third-order valence-electron chi connectivity index (χ3n) is 4.63. The van der Waals surface area contributed by atoms with Crippen LogP contribution in [-0.4, -0.2) is 48.7 Å². The first-order valence-corrected chi connectivity index (χ1v) is 8.75. The van der Waals surface area contributed by atoms with Crippen molar-refractivity contribution < 1.29 is 14.3 Å². The molecule has 24 heavy (non-hydrogen) atoms. The van der Waals surface area contributed by atoms with E-state index in [1.165, 1.54) is 0 Å². The van der Waals surface area contributed by atoms with Gasteiger partial charge in [-0.3, -0.25) is 4.79 Å². The van der Waals surface area contributed by atoms with Gasteiger partial charge in [0.1, 0.15) is 6.10 Å². The van der Waals surface area contributed by atoms with E-state index in [2.05, 4.69) is 10.6 Å². The van der Waals surface area contributed by atoms with Crippen molar-refractivity contribution in [1.29, 1.82) is 0 Å². The summed E-state index contributed by atoms with van der Waals surface area (Å²) in [6.45, 7) is 1.97. The van der Waals surface area contributed by atoms with Gasteiger partial charge in [0.25, 0.3) is 0 Å². The summed E-state index contributed by atoms with van der Waals surface area (Å²) in [4.78, 5) is 26.2. The highest BCUT2D eigenvalue weighted by Gasteiger charge is 2.27. The SMILES string of the molecule is O=C(NC1CCN(C(=O)Nc2ccccc2)CC1)C1CCCCO1. The number of nitrogens with one attached hydrogen (secondary N) is 2. The number of urea groups is 1. The minimum Gasteiger partial charge on any atom is -0.368 e. The van der Waals surface area contributed by atoms with Gasteiger partial charge < -0.3 is 20.3 Å². The number of rotatable bonds is 3. The number of hydrogen-bond donors (Lipinski definition) is 2. The average Bonchev–Trinajstić information content (AvgIpc) is 2.64. The van der Waals surface area contributed by atoms with Crippen molar-refractivity contribution in [2.45, 2.75) is 44.2 Å². The smallest absolute Gasteiger partial charge is 0.321 e. The van der Waals surface area contributed by atoms with Crippen LogP contribution in [0.4, 0.5) is 10.5 Å². The molecule has 0 spiro atoms. The molecule has 1 atom stereocenters. The van der Waals surface area contributed by atoms with Crippen LogP contribution in [0, 0.1) is 0 Å². The summed E-state index contributed by atoms with van der Waals surface area (Å²) in [5.41, 5.74) is 0.798. The summed E-state index contributed by atoms with van der Waals surface area (Å²) in [6.07, 6.45) is 4.17. The van der Waals surface area contributed by atoms with Gasteiger partial charge in [-0.05, 0) is 44.2 Å². The van der Waals surface area contributed by atoms with Crippen molar-refractivity contribution >= 4 is 17.6 Å². The Morgan fingerprint density at radius 1 is 1.04 bits per heavy atom. The molecule has 2 N–H and O–H groups in total. The molecule has 130 valence electrons. The lowest BCUT2D eigenvalue weighted by Gasteiger charge is -2.33. The maximum absolute atomic E-state index is 12.3. The molecule has 0 aliphatic carbocycles. The van der Waals surface area contributed by atoms with Crippen molar-refractivity contribution in [3.05, 3.63) is 30.3 Å². The van der Waals surface area contributed by atoms with E-state index in [0.29, 0.717) is 19.7 Å². The lowest BCUT2D eigenvalue weighted by molar-refractivity contribution is -0.136. The van der Waals surface area contributed by atoms with Gasteiger partial charge in [0.2, 0.25) is 5.91 Å². The van der Waals surface area contributed by atoms with Gasteiger partial charge in [-0.15, -0.1) is 0 Å². The van der Waals surface area contributed by atoms with Gasteiger partial charge in [0.05, 0.1) is 0 Å². The quantitative estimate of drug-likeness (QED) is 0.893. The van der Waals surface area contributed by atoms with Crippen LogP contribution in [0.5, 0.6) is 0 Å². The summed E-state index contributed by atoms with van der Waals surface area (Å²) in [6, 6.07) is 9.49. The van der Waals surface area contributed by atoms with Crippen LogP contribution in [0.2, 0.25) is 0 Å². The largest absolute Gasteiger partial charge is 0.368 e. The zero-order valence-corrected chi connectivity index (χ0v) is 13.9. The molecule has 1 aromatic rings. The molecule has 2 aliphatic heterocycles. The van der Waals surface area contributed by atoms with Crippen molar-refractivity contribution in [1.82, 2.24) is 10.2 Å². The molecule has 2 fully saturated rings. The average molecular weight is 331 g/mol. The summed E-state index contributed by atoms with van der Waals surface area (Å²) < 4.78 is 5.52. The van der Waals surface area contributed by atoms with Crippen LogP contribution < -0.4 is 10.6 Å². The summed E-state index contributed by atoms with van der Waals surface area (Å²) in [5.74, 6) is 0.00175. The second kappa shape index (κ2) is 8.15. The Kier molecular flexibility index (Phi) is 5.69. The maximum Gasteiger partial charge on any atom is 0.321 e. The summed E-state index contributed by atoms with van der Waals surface area (Å²) in [5, 5.41) is 5.97. The number of para-hydroxylation sites is 1. The normalized spacial score (nSPS) is 22.0. The van der Waals surface area contributed by atoms with E-state index in [4.69, 9.17) is 4.74 Å². The predicted octanol–water partition coefficient (Wildman–Crippen LogP) is 2.37. The molecule has 1 unspecified atom stereocenters. The number of anilines is 1. The molecule has 2 heterocycles. The molecule has 6 nitrogen and oxygen atoms in total. The van der Waals surface area contributed by atoms with Crippen molar-refractivity contribution in [2.24, 2.45) is 0 Å². The second-order valence-corrected chi connectivity index (χ2v) is 6.42. The molecule has 3 rings (SSSR count). The fourth-order valence-electron chi connectivity index (χ4n) is 3.19. The first-order valence-electron chi connectivity index (χ1n) is 8.75. The molecule has 0 saturated carbocycles. The molecule has 2 aliphatic rings. The van der Waals surface area contributed by atoms with Gasteiger partial charge in [0.15, 0.2) is 0 Å². The van der Waals surface area contributed by atoms with E-state index in [9.17, 15) is 9.59 Å². The first-order chi connectivity index (χ1) is 11.7. The Morgan fingerprint density at radius 3 is 2.46 bits per heavy atom. The maximum atomic E-state index is 12.3. The van der Waals surface area contributed by atoms with Crippen LogP contribution in [0.15, 0.2) is 30.3 Å². The highest BCUT2D eigenvalue weighted by molar-refractivity contribution is 5.89. The number of nitrogens with zero attached hydrogens (tertiary/aromatic N) is 1. The van der Waals surface area contributed by atoms with Gasteiger partial charge in [0, 0.05) is 31.4 Å². The summed E-state index contributed by atoms with van der Waals surface area (Å²) >= 11 is 0. The van der Waals surface area contributed by atoms with Gasteiger partial charge >= 0.3 is 6.03 Å². The molecule has 6 heteroatoms. The van der Waals surface area contributed by atoms with E-state index in [1.807, 2.05) is 30.3 Å². The molecular weight excluding hydrogens is 306 g/mol. The van der Waals surface area contributed by atoms with E-state index in [1.54, 1.807) is 4.90 Å². The first kappa shape index (κ1) is 16.8. The molecule has 2 saturated heterocycles. The summed E-state index contributed by atoms with van der Waals surface area (Å²) in [7, 11) is 0. The topological polar surface area (TPSA) is 70.7 Å². The Morgan fingerprint density at radius 2 is 1.79 bits per heavy atom. The molecule has 1 aromatic carbocycles. The molecule has 0 aromatic heterocycles. The molecule has 0 radical (unpaired) electrons. The molecule has 3 amide bonds.